The minimum Gasteiger partial charge on any atom is -0.437 e. The van der Waals surface area contributed by atoms with Gasteiger partial charge in [0.25, 0.3) is 0 Å². The molecule has 1 saturated heterocycles. The van der Waals surface area contributed by atoms with Gasteiger partial charge in [-0.1, -0.05) is 25.0 Å². The van der Waals surface area contributed by atoms with Crippen molar-refractivity contribution < 1.29 is 9.21 Å². The van der Waals surface area contributed by atoms with Crippen LogP contribution < -0.4 is 0 Å². The van der Waals surface area contributed by atoms with Gasteiger partial charge in [-0.15, -0.1) is 0 Å². The smallest absolute Gasteiger partial charge is 0.247 e. The highest BCUT2D eigenvalue weighted by molar-refractivity contribution is 5.92. The fourth-order valence-corrected chi connectivity index (χ4v) is 4.10. The Morgan fingerprint density at radius 2 is 2.00 bits per heavy atom. The summed E-state index contributed by atoms with van der Waals surface area (Å²) >= 11 is 0. The first-order valence-corrected chi connectivity index (χ1v) is 8.65. The van der Waals surface area contributed by atoms with E-state index in [1.807, 2.05) is 24.3 Å². The summed E-state index contributed by atoms with van der Waals surface area (Å²) in [5, 5.41) is 0. The van der Waals surface area contributed by atoms with Crippen LogP contribution in [-0.4, -0.2) is 28.4 Å². The van der Waals surface area contributed by atoms with Crippen molar-refractivity contribution in [3.05, 3.63) is 36.2 Å². The number of fused-ring (bicyclic) bond motifs is 2. The first kappa shape index (κ1) is 14.5. The van der Waals surface area contributed by atoms with Crippen molar-refractivity contribution in [2.75, 3.05) is 6.54 Å². The molecule has 2 fully saturated rings. The fourth-order valence-electron chi connectivity index (χ4n) is 4.10. The minimum atomic E-state index is 0.101. The van der Waals surface area contributed by atoms with Crippen LogP contribution in [0.15, 0.2) is 34.8 Å². The van der Waals surface area contributed by atoms with Gasteiger partial charge < -0.3 is 9.32 Å². The number of rotatable bonds is 2. The van der Waals surface area contributed by atoms with Crippen LogP contribution in [0, 0.1) is 5.92 Å². The summed E-state index contributed by atoms with van der Waals surface area (Å²) in [6.07, 6.45) is 10.8. The van der Waals surface area contributed by atoms with E-state index in [9.17, 15) is 4.79 Å². The zero-order chi connectivity index (χ0) is 15.6. The summed E-state index contributed by atoms with van der Waals surface area (Å²) in [6, 6.07) is 8.09. The number of benzene rings is 1. The Morgan fingerprint density at radius 3 is 2.91 bits per heavy atom. The first-order valence-electron chi connectivity index (χ1n) is 8.65. The third-order valence-electron chi connectivity index (χ3n) is 5.21. The predicted octanol–water partition coefficient (Wildman–Crippen LogP) is 4.02. The standard InChI is InChI=1S/C19H22N2O2/c22-19(21-13-5-7-14-6-1-3-9-16(14)21)12-11-18-20-15-8-2-4-10-17(15)23-18/h2,4,8,10-12,14,16H,1,3,5-7,9,13H2/b12-11+/t14-,16-/m0/s1. The van der Waals surface area contributed by atoms with E-state index in [2.05, 4.69) is 9.88 Å². The Kier molecular flexibility index (Phi) is 3.90. The van der Waals surface area contributed by atoms with E-state index in [4.69, 9.17) is 4.42 Å². The van der Waals surface area contributed by atoms with Crippen molar-refractivity contribution in [3.63, 3.8) is 0 Å². The third kappa shape index (κ3) is 2.90. The lowest BCUT2D eigenvalue weighted by Gasteiger charge is -2.43. The molecule has 1 aromatic carbocycles. The number of amides is 1. The van der Waals surface area contributed by atoms with E-state index in [1.165, 1.54) is 25.7 Å². The van der Waals surface area contributed by atoms with Crippen LogP contribution >= 0.6 is 0 Å². The van der Waals surface area contributed by atoms with Gasteiger partial charge in [-0.3, -0.25) is 4.79 Å². The number of para-hydroxylation sites is 2. The van der Waals surface area contributed by atoms with Gasteiger partial charge in [-0.25, -0.2) is 4.98 Å². The maximum absolute atomic E-state index is 12.6. The van der Waals surface area contributed by atoms with Gasteiger partial charge in [-0.2, -0.15) is 0 Å². The number of aromatic nitrogens is 1. The zero-order valence-corrected chi connectivity index (χ0v) is 13.3. The molecular weight excluding hydrogens is 288 g/mol. The first-order chi connectivity index (χ1) is 11.3. The average Bonchev–Trinajstić information content (AvgIpc) is 3.02. The van der Waals surface area contributed by atoms with Gasteiger partial charge in [0, 0.05) is 24.7 Å². The molecule has 4 rings (SSSR count). The van der Waals surface area contributed by atoms with Crippen molar-refractivity contribution in [1.29, 1.82) is 0 Å². The highest BCUT2D eigenvalue weighted by Crippen LogP contribution is 2.35. The van der Waals surface area contributed by atoms with Crippen LogP contribution in [0.1, 0.15) is 44.4 Å². The molecule has 1 amide bonds. The maximum atomic E-state index is 12.6. The van der Waals surface area contributed by atoms with Crippen LogP contribution in [0.4, 0.5) is 0 Å². The van der Waals surface area contributed by atoms with Gasteiger partial charge >= 0.3 is 0 Å². The van der Waals surface area contributed by atoms with Crippen molar-refractivity contribution in [2.45, 2.75) is 44.6 Å². The largest absolute Gasteiger partial charge is 0.437 e. The molecule has 0 unspecified atom stereocenters. The Balaban J connectivity index is 1.49. The highest BCUT2D eigenvalue weighted by atomic mass is 16.3. The molecule has 0 radical (unpaired) electrons. The number of hydrogen-bond acceptors (Lipinski definition) is 3. The Morgan fingerprint density at radius 1 is 1.17 bits per heavy atom. The van der Waals surface area contributed by atoms with Crippen LogP contribution in [0.25, 0.3) is 17.2 Å². The Bertz CT molecular complexity index is 699. The number of piperidine rings is 1. The van der Waals surface area contributed by atoms with E-state index >= 15 is 0 Å². The molecular formula is C19H22N2O2. The van der Waals surface area contributed by atoms with E-state index in [1.54, 1.807) is 12.2 Å². The average molecular weight is 310 g/mol. The van der Waals surface area contributed by atoms with Gasteiger partial charge in [0.05, 0.1) is 0 Å². The summed E-state index contributed by atoms with van der Waals surface area (Å²) < 4.78 is 5.64. The minimum absolute atomic E-state index is 0.101. The van der Waals surface area contributed by atoms with Crippen molar-refractivity contribution >= 4 is 23.1 Å². The number of carbonyl (C=O) groups excluding carboxylic acids is 1. The predicted molar refractivity (Wildman–Crippen MR) is 89.7 cm³/mol. The number of oxazole rings is 1. The molecule has 2 aromatic rings. The van der Waals surface area contributed by atoms with Gasteiger partial charge in [0.2, 0.25) is 11.8 Å². The second kappa shape index (κ2) is 6.19. The molecule has 0 spiro atoms. The highest BCUT2D eigenvalue weighted by Gasteiger charge is 2.34. The van der Waals surface area contributed by atoms with Crippen LogP contribution in [0.5, 0.6) is 0 Å². The van der Waals surface area contributed by atoms with Gasteiger partial charge in [0.1, 0.15) is 5.52 Å². The Labute approximate surface area is 136 Å². The molecule has 23 heavy (non-hydrogen) atoms. The summed E-state index contributed by atoms with van der Waals surface area (Å²) in [4.78, 5) is 19.1. The SMILES string of the molecule is O=C(/C=C/c1nc2ccccc2o1)N1CCC[C@@H]2CCCC[C@@H]21. The molecule has 0 bridgehead atoms. The van der Waals surface area contributed by atoms with E-state index in [-0.39, 0.29) is 5.91 Å². The number of nitrogens with zero attached hydrogens (tertiary/aromatic N) is 2. The molecule has 0 N–H and O–H groups in total. The van der Waals surface area contributed by atoms with Crippen LogP contribution in [0.3, 0.4) is 0 Å². The zero-order valence-electron chi connectivity index (χ0n) is 13.3. The molecule has 1 saturated carbocycles. The molecule has 1 aliphatic heterocycles. The quantitative estimate of drug-likeness (QED) is 0.787. The molecule has 2 aliphatic rings. The summed E-state index contributed by atoms with van der Waals surface area (Å²) in [5.41, 5.74) is 1.58. The molecule has 2 atom stereocenters. The normalized spacial score (nSPS) is 25.0. The Hall–Kier alpha value is -2.10. The molecule has 120 valence electrons. The number of carbonyl (C=O) groups is 1. The van der Waals surface area contributed by atoms with E-state index in [0.29, 0.717) is 17.9 Å². The van der Waals surface area contributed by atoms with E-state index < -0.39 is 0 Å². The lowest BCUT2D eigenvalue weighted by molar-refractivity contribution is -0.132. The molecule has 4 heteroatoms. The molecule has 4 nitrogen and oxygen atoms in total. The number of likely N-dealkylation sites (tertiary alicyclic amines) is 1. The lowest BCUT2D eigenvalue weighted by atomic mass is 9.78. The van der Waals surface area contributed by atoms with Crippen molar-refractivity contribution in [2.24, 2.45) is 5.92 Å². The molecule has 1 aromatic heterocycles. The fraction of sp³-hybridized carbons (Fsp3) is 0.474. The van der Waals surface area contributed by atoms with Crippen molar-refractivity contribution in [3.8, 4) is 0 Å². The summed E-state index contributed by atoms with van der Waals surface area (Å²) in [7, 11) is 0. The monoisotopic (exact) mass is 310 g/mol. The molecule has 2 heterocycles. The summed E-state index contributed by atoms with van der Waals surface area (Å²) in [5.74, 6) is 1.31. The van der Waals surface area contributed by atoms with Gasteiger partial charge in [-0.05, 0) is 43.7 Å². The van der Waals surface area contributed by atoms with Gasteiger partial charge in [0.15, 0.2) is 5.58 Å². The third-order valence-corrected chi connectivity index (χ3v) is 5.21. The maximum Gasteiger partial charge on any atom is 0.247 e. The number of hydrogen-bond donors (Lipinski definition) is 0. The summed E-state index contributed by atoms with van der Waals surface area (Å²) in [6.45, 7) is 0.887. The van der Waals surface area contributed by atoms with Crippen LogP contribution in [0.2, 0.25) is 0 Å². The van der Waals surface area contributed by atoms with E-state index in [0.717, 1.165) is 30.5 Å². The second-order valence-electron chi connectivity index (χ2n) is 6.64. The molecule has 1 aliphatic carbocycles. The lowest BCUT2D eigenvalue weighted by Crippen LogP contribution is -2.49. The van der Waals surface area contributed by atoms with Crippen LogP contribution in [-0.2, 0) is 4.79 Å². The van der Waals surface area contributed by atoms with Crippen molar-refractivity contribution in [1.82, 2.24) is 9.88 Å². The topological polar surface area (TPSA) is 46.3 Å². The second-order valence-corrected chi connectivity index (χ2v) is 6.64.